The highest BCUT2D eigenvalue weighted by Crippen LogP contribution is 2.09. The average molecular weight is 212 g/mol. The molecule has 0 amide bonds. The largest absolute Gasteiger partial charge is 0.390 e. The second kappa shape index (κ2) is 5.88. The van der Waals surface area contributed by atoms with E-state index in [2.05, 4.69) is 11.9 Å². The molecule has 2 atom stereocenters. The lowest BCUT2D eigenvalue weighted by Gasteiger charge is -2.19. The maximum atomic E-state index is 9.92. The van der Waals surface area contributed by atoms with Crippen LogP contribution in [0.4, 0.5) is 0 Å². The number of aryl methyl sites for hydroxylation is 1. The summed E-state index contributed by atoms with van der Waals surface area (Å²) in [5.41, 5.74) is 0. The first-order valence-corrected chi connectivity index (χ1v) is 5.43. The molecule has 0 aliphatic carbocycles. The van der Waals surface area contributed by atoms with E-state index >= 15 is 0 Å². The van der Waals surface area contributed by atoms with E-state index in [4.69, 9.17) is 4.74 Å². The molecule has 0 fully saturated rings. The van der Waals surface area contributed by atoms with Gasteiger partial charge in [0.2, 0.25) is 0 Å². The molecule has 4 heteroatoms. The van der Waals surface area contributed by atoms with Gasteiger partial charge in [-0.3, -0.25) is 0 Å². The van der Waals surface area contributed by atoms with Crippen molar-refractivity contribution in [2.45, 2.75) is 45.4 Å². The number of aliphatic hydroxyl groups excluding tert-OH is 1. The third kappa shape index (κ3) is 3.04. The number of aromatic nitrogens is 2. The van der Waals surface area contributed by atoms with Crippen molar-refractivity contribution in [2.24, 2.45) is 0 Å². The highest BCUT2D eigenvalue weighted by Gasteiger charge is 2.18. The molecular formula is C11H20N2O2. The van der Waals surface area contributed by atoms with Crippen LogP contribution in [0, 0.1) is 0 Å². The smallest absolute Gasteiger partial charge is 0.111 e. The number of ether oxygens (including phenoxy) is 1. The maximum Gasteiger partial charge on any atom is 0.111 e. The Balaban J connectivity index is 2.60. The lowest BCUT2D eigenvalue weighted by Crippen LogP contribution is -2.30. The molecule has 2 unspecified atom stereocenters. The van der Waals surface area contributed by atoms with E-state index in [1.54, 1.807) is 13.3 Å². The SMILES string of the molecule is CCC(OC)C(O)Cc1nccn1CC. The molecule has 1 rings (SSSR count). The Labute approximate surface area is 90.9 Å². The summed E-state index contributed by atoms with van der Waals surface area (Å²) in [6.07, 6.45) is 4.46. The van der Waals surface area contributed by atoms with E-state index in [0.717, 1.165) is 18.8 Å². The van der Waals surface area contributed by atoms with Gasteiger partial charge in [-0.2, -0.15) is 0 Å². The molecule has 86 valence electrons. The molecule has 0 saturated carbocycles. The highest BCUT2D eigenvalue weighted by atomic mass is 16.5. The molecule has 1 aromatic rings. The lowest BCUT2D eigenvalue weighted by atomic mass is 10.1. The summed E-state index contributed by atoms with van der Waals surface area (Å²) < 4.78 is 7.23. The van der Waals surface area contributed by atoms with E-state index in [9.17, 15) is 5.11 Å². The van der Waals surface area contributed by atoms with Gasteiger partial charge in [0.25, 0.3) is 0 Å². The van der Waals surface area contributed by atoms with E-state index in [1.807, 2.05) is 17.7 Å². The van der Waals surface area contributed by atoms with Gasteiger partial charge in [0.1, 0.15) is 5.82 Å². The molecule has 4 nitrogen and oxygen atoms in total. The lowest BCUT2D eigenvalue weighted by molar-refractivity contribution is -0.0140. The molecule has 0 saturated heterocycles. The van der Waals surface area contributed by atoms with E-state index in [-0.39, 0.29) is 6.10 Å². The van der Waals surface area contributed by atoms with Crippen molar-refractivity contribution in [3.63, 3.8) is 0 Å². The number of hydrogen-bond acceptors (Lipinski definition) is 3. The Bertz CT molecular complexity index is 282. The third-order valence-electron chi connectivity index (χ3n) is 2.67. The van der Waals surface area contributed by atoms with Crippen LogP contribution in [0.15, 0.2) is 12.4 Å². The highest BCUT2D eigenvalue weighted by molar-refractivity contribution is 4.95. The number of aliphatic hydroxyl groups is 1. The molecule has 0 radical (unpaired) electrons. The molecular weight excluding hydrogens is 192 g/mol. The first-order valence-electron chi connectivity index (χ1n) is 5.43. The zero-order valence-electron chi connectivity index (χ0n) is 9.68. The number of imidazole rings is 1. The number of rotatable bonds is 6. The van der Waals surface area contributed by atoms with E-state index in [1.165, 1.54) is 0 Å². The zero-order chi connectivity index (χ0) is 11.3. The average Bonchev–Trinajstić information content (AvgIpc) is 2.67. The fourth-order valence-electron chi connectivity index (χ4n) is 1.73. The second-order valence-electron chi connectivity index (χ2n) is 3.58. The van der Waals surface area contributed by atoms with Gasteiger partial charge >= 0.3 is 0 Å². The summed E-state index contributed by atoms with van der Waals surface area (Å²) in [5.74, 6) is 0.917. The molecule has 1 aromatic heterocycles. The summed E-state index contributed by atoms with van der Waals surface area (Å²) >= 11 is 0. The fourth-order valence-corrected chi connectivity index (χ4v) is 1.73. The topological polar surface area (TPSA) is 47.3 Å². The molecule has 15 heavy (non-hydrogen) atoms. The summed E-state index contributed by atoms with van der Waals surface area (Å²) in [4.78, 5) is 4.23. The minimum atomic E-state index is -0.479. The molecule has 0 aliphatic heterocycles. The van der Waals surface area contributed by atoms with Crippen LogP contribution in [0.2, 0.25) is 0 Å². The van der Waals surface area contributed by atoms with Crippen molar-refractivity contribution >= 4 is 0 Å². The van der Waals surface area contributed by atoms with Crippen LogP contribution in [0.3, 0.4) is 0 Å². The Morgan fingerprint density at radius 2 is 2.27 bits per heavy atom. The summed E-state index contributed by atoms with van der Waals surface area (Å²) in [7, 11) is 1.63. The number of methoxy groups -OCH3 is 1. The van der Waals surface area contributed by atoms with Crippen molar-refractivity contribution in [1.82, 2.24) is 9.55 Å². The normalized spacial score (nSPS) is 15.2. The van der Waals surface area contributed by atoms with Gasteiger partial charge < -0.3 is 14.4 Å². The minimum Gasteiger partial charge on any atom is -0.390 e. The van der Waals surface area contributed by atoms with Crippen molar-refractivity contribution in [1.29, 1.82) is 0 Å². The zero-order valence-corrected chi connectivity index (χ0v) is 9.68. The summed E-state index contributed by atoms with van der Waals surface area (Å²) in [5, 5.41) is 9.92. The van der Waals surface area contributed by atoms with Gasteiger partial charge in [0, 0.05) is 32.5 Å². The first-order chi connectivity index (χ1) is 7.22. The molecule has 1 heterocycles. The predicted molar refractivity (Wildman–Crippen MR) is 58.7 cm³/mol. The van der Waals surface area contributed by atoms with Gasteiger partial charge in [-0.05, 0) is 13.3 Å². The Hall–Kier alpha value is -0.870. The minimum absolute atomic E-state index is 0.105. The molecule has 0 aromatic carbocycles. The van der Waals surface area contributed by atoms with Crippen LogP contribution >= 0.6 is 0 Å². The molecule has 0 bridgehead atoms. The van der Waals surface area contributed by atoms with Crippen LogP contribution in [-0.2, 0) is 17.7 Å². The maximum absolute atomic E-state index is 9.92. The number of nitrogens with zero attached hydrogens (tertiary/aromatic N) is 2. The van der Waals surface area contributed by atoms with Crippen LogP contribution < -0.4 is 0 Å². The molecule has 0 aliphatic rings. The predicted octanol–water partition coefficient (Wildman–Crippen LogP) is 1.23. The Kier molecular flexibility index (Phi) is 4.78. The molecule has 0 spiro atoms. The summed E-state index contributed by atoms with van der Waals surface area (Å²) in [6.45, 7) is 4.95. The van der Waals surface area contributed by atoms with Gasteiger partial charge in [-0.15, -0.1) is 0 Å². The monoisotopic (exact) mass is 212 g/mol. The van der Waals surface area contributed by atoms with Crippen molar-refractivity contribution < 1.29 is 9.84 Å². The Morgan fingerprint density at radius 1 is 1.53 bits per heavy atom. The van der Waals surface area contributed by atoms with E-state index < -0.39 is 6.10 Å². The van der Waals surface area contributed by atoms with Gasteiger partial charge in [0.05, 0.1) is 12.2 Å². The third-order valence-corrected chi connectivity index (χ3v) is 2.67. The summed E-state index contributed by atoms with van der Waals surface area (Å²) in [6, 6.07) is 0. The van der Waals surface area contributed by atoms with Crippen molar-refractivity contribution in [3.8, 4) is 0 Å². The van der Waals surface area contributed by atoms with Gasteiger partial charge in [0.15, 0.2) is 0 Å². The Morgan fingerprint density at radius 3 is 2.80 bits per heavy atom. The standard InChI is InChI=1S/C11H20N2O2/c1-4-10(15-3)9(14)8-11-12-6-7-13(11)5-2/h6-7,9-10,14H,4-5,8H2,1-3H3. The number of hydrogen-bond donors (Lipinski definition) is 1. The van der Waals surface area contributed by atoms with Crippen LogP contribution in [-0.4, -0.2) is 34.0 Å². The molecule has 1 N–H and O–H groups in total. The van der Waals surface area contributed by atoms with Crippen LogP contribution in [0.5, 0.6) is 0 Å². The van der Waals surface area contributed by atoms with Crippen molar-refractivity contribution in [3.05, 3.63) is 18.2 Å². The van der Waals surface area contributed by atoms with Crippen LogP contribution in [0.25, 0.3) is 0 Å². The van der Waals surface area contributed by atoms with Gasteiger partial charge in [-0.1, -0.05) is 6.92 Å². The second-order valence-corrected chi connectivity index (χ2v) is 3.58. The van der Waals surface area contributed by atoms with Gasteiger partial charge in [-0.25, -0.2) is 4.98 Å². The quantitative estimate of drug-likeness (QED) is 0.771. The van der Waals surface area contributed by atoms with E-state index in [0.29, 0.717) is 6.42 Å². The van der Waals surface area contributed by atoms with Crippen LogP contribution in [0.1, 0.15) is 26.1 Å². The van der Waals surface area contributed by atoms with Crippen molar-refractivity contribution in [2.75, 3.05) is 7.11 Å². The first kappa shape index (κ1) is 12.2. The fraction of sp³-hybridized carbons (Fsp3) is 0.727.